The molecule has 11 nitrogen and oxygen atoms in total. The third-order valence-electron chi connectivity index (χ3n) is 7.05. The van der Waals surface area contributed by atoms with Crippen molar-refractivity contribution < 1.29 is 44.4 Å². The lowest BCUT2D eigenvalue weighted by Gasteiger charge is -2.53. The van der Waals surface area contributed by atoms with Gasteiger partial charge in [-0.15, -0.1) is 0 Å². The standard InChI is InChI=1S/C22H22N2O9/c1-6-9-7(25)4-5-8(26)11(9)16(27)12-10(6)17(28)14-15(24(2)3)18(29)13(21(23)32)20(31)22(14,33)19(12)30/h4-6,10,14-15,17,27-28,31,33H,1-3H3,(H2,23,32)/t6-,10+,14+,15-,17-,22-/m0/s1. The number of hydrogen-bond acceptors (Lipinski definition) is 10. The quantitative estimate of drug-likeness (QED) is 0.232. The summed E-state index contributed by atoms with van der Waals surface area (Å²) in [6.07, 6.45) is 0.190. The number of allylic oxidation sites excluding steroid dienone is 4. The maximum Gasteiger partial charge on any atom is 0.255 e. The molecule has 11 heteroatoms. The highest BCUT2D eigenvalue weighted by Gasteiger charge is 2.68. The van der Waals surface area contributed by atoms with Gasteiger partial charge in [0.25, 0.3) is 5.91 Å². The number of likely N-dealkylation sites (N-methyl/N-ethyl adjacent to an activating group) is 1. The number of nitrogens with zero attached hydrogens (tertiary/aromatic N) is 1. The SMILES string of the molecule is C[C@H]1C2=C(C(=O)C=CC2=O)C(O)=C2C(=O)[C@]3(O)C(O)=C(C(N)=O)C(=O)[C@@H](N(C)C)[C@@H]3[C@@H](O)[C@@H]21. The van der Waals surface area contributed by atoms with Crippen LogP contribution in [0.2, 0.25) is 0 Å². The van der Waals surface area contributed by atoms with Crippen molar-refractivity contribution in [1.29, 1.82) is 0 Å². The maximum absolute atomic E-state index is 13.6. The molecule has 0 aromatic heterocycles. The van der Waals surface area contributed by atoms with Gasteiger partial charge in [-0.05, 0) is 32.2 Å². The van der Waals surface area contributed by atoms with Gasteiger partial charge in [0.1, 0.15) is 17.1 Å². The van der Waals surface area contributed by atoms with E-state index < -0.39 is 92.8 Å². The van der Waals surface area contributed by atoms with E-state index >= 15 is 0 Å². The van der Waals surface area contributed by atoms with Crippen LogP contribution in [0.4, 0.5) is 0 Å². The molecular weight excluding hydrogens is 436 g/mol. The monoisotopic (exact) mass is 458 g/mol. The molecule has 0 unspecified atom stereocenters. The van der Waals surface area contributed by atoms with E-state index in [0.29, 0.717) is 0 Å². The van der Waals surface area contributed by atoms with Crippen LogP contribution in [-0.2, 0) is 24.0 Å². The van der Waals surface area contributed by atoms with Gasteiger partial charge in [-0.3, -0.25) is 28.9 Å². The predicted octanol–water partition coefficient (Wildman–Crippen LogP) is -1.83. The number of ketones is 4. The minimum atomic E-state index is -3.00. The smallest absolute Gasteiger partial charge is 0.255 e. The fraction of sp³-hybridized carbons (Fsp3) is 0.409. The summed E-state index contributed by atoms with van der Waals surface area (Å²) in [7, 11) is 2.81. The van der Waals surface area contributed by atoms with Crippen LogP contribution in [0.5, 0.6) is 0 Å². The number of amides is 1. The summed E-state index contributed by atoms with van der Waals surface area (Å²) in [6.45, 7) is 1.47. The van der Waals surface area contributed by atoms with Crippen molar-refractivity contribution in [1.82, 2.24) is 4.90 Å². The number of nitrogens with two attached hydrogens (primary N) is 1. The van der Waals surface area contributed by atoms with Crippen molar-refractivity contribution in [3.63, 3.8) is 0 Å². The Morgan fingerprint density at radius 1 is 1.06 bits per heavy atom. The van der Waals surface area contributed by atoms with E-state index in [4.69, 9.17) is 5.73 Å². The molecule has 1 fully saturated rings. The van der Waals surface area contributed by atoms with Gasteiger partial charge in [0, 0.05) is 17.1 Å². The lowest BCUT2D eigenvalue weighted by Crippen LogP contribution is -2.70. The van der Waals surface area contributed by atoms with Crippen LogP contribution < -0.4 is 5.73 Å². The van der Waals surface area contributed by atoms with Gasteiger partial charge in [-0.25, -0.2) is 0 Å². The first-order valence-electron chi connectivity index (χ1n) is 10.1. The Labute approximate surface area is 187 Å². The topological polar surface area (TPSA) is 196 Å². The first-order chi connectivity index (χ1) is 15.3. The largest absolute Gasteiger partial charge is 0.508 e. The molecule has 1 saturated carbocycles. The number of aliphatic hydroxyl groups excluding tert-OH is 3. The molecule has 0 heterocycles. The molecule has 4 rings (SSSR count). The van der Waals surface area contributed by atoms with Gasteiger partial charge in [-0.2, -0.15) is 0 Å². The van der Waals surface area contributed by atoms with Crippen molar-refractivity contribution in [3.8, 4) is 0 Å². The molecule has 0 saturated heterocycles. The van der Waals surface area contributed by atoms with E-state index in [0.717, 1.165) is 12.2 Å². The lowest BCUT2D eigenvalue weighted by molar-refractivity contribution is -0.170. The number of fused-ring (bicyclic) bond motifs is 2. The average molecular weight is 458 g/mol. The molecule has 0 aromatic rings. The van der Waals surface area contributed by atoms with Crippen LogP contribution in [-0.4, -0.2) is 86.2 Å². The third-order valence-corrected chi connectivity index (χ3v) is 7.05. The summed E-state index contributed by atoms with van der Waals surface area (Å²) in [5.41, 5.74) is 0.123. The van der Waals surface area contributed by atoms with Crippen molar-refractivity contribution in [2.45, 2.75) is 24.7 Å². The molecule has 1 amide bonds. The number of hydrogen-bond donors (Lipinski definition) is 5. The number of Topliss-reactive ketones (excluding diaryl/α,β-unsaturated/α-hetero) is 2. The second-order valence-electron chi connectivity index (χ2n) is 8.90. The van der Waals surface area contributed by atoms with Gasteiger partial charge in [0.05, 0.1) is 23.6 Å². The molecule has 0 bridgehead atoms. The van der Waals surface area contributed by atoms with E-state index in [2.05, 4.69) is 0 Å². The summed E-state index contributed by atoms with van der Waals surface area (Å²) < 4.78 is 0. The number of primary amides is 1. The second-order valence-corrected chi connectivity index (χ2v) is 8.90. The van der Waals surface area contributed by atoms with Crippen molar-refractivity contribution in [2.24, 2.45) is 23.5 Å². The number of rotatable bonds is 2. The summed E-state index contributed by atoms with van der Waals surface area (Å²) in [6, 6.07) is -1.46. The van der Waals surface area contributed by atoms with Gasteiger partial charge >= 0.3 is 0 Å². The normalized spacial score (nSPS) is 36.4. The Bertz CT molecular complexity index is 1190. The van der Waals surface area contributed by atoms with Crippen LogP contribution in [0.1, 0.15) is 6.92 Å². The summed E-state index contributed by atoms with van der Waals surface area (Å²) in [4.78, 5) is 64.8. The van der Waals surface area contributed by atoms with Crippen LogP contribution >= 0.6 is 0 Å². The Morgan fingerprint density at radius 3 is 2.18 bits per heavy atom. The second kappa shape index (κ2) is 7.04. The molecule has 0 aromatic carbocycles. The third kappa shape index (κ3) is 2.63. The molecule has 0 spiro atoms. The molecule has 4 aliphatic carbocycles. The number of aliphatic hydroxyl groups is 4. The first kappa shape index (κ1) is 22.8. The molecule has 0 radical (unpaired) electrons. The summed E-state index contributed by atoms with van der Waals surface area (Å²) in [5, 5.41) is 44.5. The van der Waals surface area contributed by atoms with Crippen LogP contribution in [0.25, 0.3) is 0 Å². The number of carbonyl (C=O) groups excluding carboxylic acids is 5. The Kier molecular flexibility index (Phi) is 4.86. The molecule has 0 aliphatic heterocycles. The van der Waals surface area contributed by atoms with E-state index in [-0.39, 0.29) is 5.57 Å². The van der Waals surface area contributed by atoms with Gasteiger partial charge in [-0.1, -0.05) is 6.92 Å². The predicted molar refractivity (Wildman–Crippen MR) is 109 cm³/mol. The zero-order valence-corrected chi connectivity index (χ0v) is 17.9. The maximum atomic E-state index is 13.6. The minimum absolute atomic E-state index is 0.104. The molecule has 6 N–H and O–H groups in total. The molecule has 33 heavy (non-hydrogen) atoms. The van der Waals surface area contributed by atoms with E-state index in [1.165, 1.54) is 25.9 Å². The average Bonchev–Trinajstić information content (AvgIpc) is 2.72. The molecule has 6 atom stereocenters. The lowest BCUT2D eigenvalue weighted by atomic mass is 9.53. The molecule has 4 aliphatic rings. The number of carbonyl (C=O) groups is 5. The summed E-state index contributed by atoms with van der Waals surface area (Å²) >= 11 is 0. The van der Waals surface area contributed by atoms with Crippen LogP contribution in [0.15, 0.2) is 46.0 Å². The molecule has 174 valence electrons. The Morgan fingerprint density at radius 2 is 1.64 bits per heavy atom. The fourth-order valence-corrected chi connectivity index (χ4v) is 5.64. The van der Waals surface area contributed by atoms with Crippen molar-refractivity contribution in [3.05, 3.63) is 46.0 Å². The van der Waals surface area contributed by atoms with E-state index in [1.807, 2.05) is 0 Å². The molecular formula is C22H22N2O9. The van der Waals surface area contributed by atoms with Gasteiger partial charge < -0.3 is 26.2 Å². The van der Waals surface area contributed by atoms with E-state index in [1.54, 1.807) is 0 Å². The van der Waals surface area contributed by atoms with Gasteiger partial charge in [0.15, 0.2) is 23.0 Å². The summed E-state index contributed by atoms with van der Waals surface area (Å²) in [5.74, 6) is -11.2. The first-order valence-corrected chi connectivity index (χ1v) is 10.1. The van der Waals surface area contributed by atoms with Gasteiger partial charge in [0.2, 0.25) is 5.78 Å². The zero-order chi connectivity index (χ0) is 24.7. The minimum Gasteiger partial charge on any atom is -0.508 e. The van der Waals surface area contributed by atoms with Crippen molar-refractivity contribution >= 4 is 29.0 Å². The highest BCUT2D eigenvalue weighted by molar-refractivity contribution is 6.26. The van der Waals surface area contributed by atoms with Crippen LogP contribution in [0, 0.1) is 17.8 Å². The van der Waals surface area contributed by atoms with E-state index in [9.17, 15) is 44.4 Å². The van der Waals surface area contributed by atoms with Crippen molar-refractivity contribution in [2.75, 3.05) is 14.1 Å². The zero-order valence-electron chi connectivity index (χ0n) is 17.9. The highest BCUT2D eigenvalue weighted by Crippen LogP contribution is 2.54. The Hall–Kier alpha value is -3.41. The highest BCUT2D eigenvalue weighted by atomic mass is 16.4. The Balaban J connectivity index is 2.05. The fourth-order valence-electron chi connectivity index (χ4n) is 5.64. The van der Waals surface area contributed by atoms with Crippen LogP contribution in [0.3, 0.4) is 0 Å².